The minimum absolute atomic E-state index is 0.162. The van der Waals surface area contributed by atoms with Crippen LogP contribution in [0.1, 0.15) is 33.6 Å². The van der Waals surface area contributed by atoms with Gasteiger partial charge in [-0.05, 0) is 33.2 Å². The molecule has 0 aromatic carbocycles. The van der Waals surface area contributed by atoms with Crippen molar-refractivity contribution in [1.29, 1.82) is 0 Å². The van der Waals surface area contributed by atoms with E-state index in [1.54, 1.807) is 0 Å². The van der Waals surface area contributed by atoms with Crippen LogP contribution in [0.2, 0.25) is 0 Å². The molecule has 0 saturated carbocycles. The lowest BCUT2D eigenvalue weighted by molar-refractivity contribution is -0.153. The highest BCUT2D eigenvalue weighted by Gasteiger charge is 2.19. The number of nitrogens with one attached hydrogen (secondary N) is 1. The summed E-state index contributed by atoms with van der Waals surface area (Å²) in [5.74, 6) is 0. The van der Waals surface area contributed by atoms with Crippen molar-refractivity contribution in [3.05, 3.63) is 12.7 Å². The average Bonchev–Trinajstić information content (AvgIpc) is 2.24. The maximum Gasteiger partial charge on any atom is 0.172 e. The Morgan fingerprint density at radius 1 is 1.20 bits per heavy atom. The van der Waals surface area contributed by atoms with E-state index in [2.05, 4.69) is 18.8 Å². The smallest absolute Gasteiger partial charge is 0.172 e. The van der Waals surface area contributed by atoms with E-state index in [1.165, 1.54) is 0 Å². The summed E-state index contributed by atoms with van der Waals surface area (Å²) in [5.41, 5.74) is 0. The van der Waals surface area contributed by atoms with Crippen LogP contribution in [-0.4, -0.2) is 32.1 Å². The number of hydrogen-bond donors (Lipinski definition) is 1. The molecular weight excluding hydrogens is 190 g/mol. The van der Waals surface area contributed by atoms with Crippen LogP contribution in [0, 0.1) is 0 Å². The summed E-state index contributed by atoms with van der Waals surface area (Å²) in [4.78, 5) is 0. The molecule has 0 amide bonds. The minimum Gasteiger partial charge on any atom is -0.351 e. The van der Waals surface area contributed by atoms with Gasteiger partial charge in [0, 0.05) is 13.2 Å². The van der Waals surface area contributed by atoms with Crippen molar-refractivity contribution in [2.45, 2.75) is 45.9 Å². The fraction of sp³-hybridized carbons (Fsp3) is 0.833. The molecule has 90 valence electrons. The molecule has 3 heteroatoms. The van der Waals surface area contributed by atoms with Crippen LogP contribution >= 0.6 is 0 Å². The molecular formula is C12H25NO2. The molecule has 0 aliphatic rings. The molecule has 15 heavy (non-hydrogen) atoms. The third-order valence-electron chi connectivity index (χ3n) is 2.07. The summed E-state index contributed by atoms with van der Waals surface area (Å²) in [6.07, 6.45) is 3.71. The molecule has 0 aromatic heterocycles. The van der Waals surface area contributed by atoms with E-state index in [-0.39, 0.29) is 12.3 Å². The van der Waals surface area contributed by atoms with Crippen molar-refractivity contribution >= 4 is 0 Å². The largest absolute Gasteiger partial charge is 0.351 e. The van der Waals surface area contributed by atoms with Gasteiger partial charge in [0.15, 0.2) is 6.29 Å². The van der Waals surface area contributed by atoms with Crippen LogP contribution in [0.5, 0.6) is 0 Å². The molecule has 3 nitrogen and oxygen atoms in total. The molecule has 1 unspecified atom stereocenters. The molecule has 0 rings (SSSR count). The molecule has 0 bridgehead atoms. The zero-order chi connectivity index (χ0) is 11.5. The molecule has 0 heterocycles. The second-order valence-corrected chi connectivity index (χ2v) is 3.36. The lowest BCUT2D eigenvalue weighted by atomic mass is 10.2. The van der Waals surface area contributed by atoms with Crippen molar-refractivity contribution < 1.29 is 9.47 Å². The van der Waals surface area contributed by atoms with Crippen molar-refractivity contribution in [3.8, 4) is 0 Å². The van der Waals surface area contributed by atoms with Crippen molar-refractivity contribution in [2.24, 2.45) is 0 Å². The molecule has 0 aliphatic heterocycles. The molecule has 0 saturated heterocycles. The van der Waals surface area contributed by atoms with Gasteiger partial charge >= 0.3 is 0 Å². The zero-order valence-corrected chi connectivity index (χ0v) is 10.3. The predicted molar refractivity (Wildman–Crippen MR) is 63.9 cm³/mol. The summed E-state index contributed by atoms with van der Waals surface area (Å²) < 4.78 is 11.1. The highest BCUT2D eigenvalue weighted by atomic mass is 16.7. The van der Waals surface area contributed by atoms with Crippen LogP contribution in [0.15, 0.2) is 12.7 Å². The van der Waals surface area contributed by atoms with Crippen molar-refractivity contribution in [1.82, 2.24) is 5.32 Å². The predicted octanol–water partition coefficient (Wildman–Crippen LogP) is 2.33. The van der Waals surface area contributed by atoms with Crippen molar-refractivity contribution in [3.63, 3.8) is 0 Å². The van der Waals surface area contributed by atoms with Gasteiger partial charge in [-0.15, -0.1) is 6.58 Å². The van der Waals surface area contributed by atoms with Crippen LogP contribution < -0.4 is 5.32 Å². The Morgan fingerprint density at radius 2 is 1.80 bits per heavy atom. The fourth-order valence-electron chi connectivity index (χ4n) is 1.41. The summed E-state index contributed by atoms with van der Waals surface area (Å²) in [6, 6.07) is 0.211. The normalized spacial score (nSPS) is 13.1. The van der Waals surface area contributed by atoms with Crippen LogP contribution in [0.3, 0.4) is 0 Å². The summed E-state index contributed by atoms with van der Waals surface area (Å²) >= 11 is 0. The second-order valence-electron chi connectivity index (χ2n) is 3.36. The molecule has 0 aliphatic carbocycles. The first-order valence-corrected chi connectivity index (χ1v) is 5.87. The quantitative estimate of drug-likeness (QED) is 0.448. The van der Waals surface area contributed by atoms with E-state index in [0.29, 0.717) is 13.2 Å². The molecule has 1 N–H and O–H groups in total. The van der Waals surface area contributed by atoms with E-state index in [4.69, 9.17) is 9.47 Å². The Kier molecular flexibility index (Phi) is 9.89. The van der Waals surface area contributed by atoms with E-state index in [0.717, 1.165) is 19.4 Å². The van der Waals surface area contributed by atoms with Crippen LogP contribution in [-0.2, 0) is 9.47 Å². The van der Waals surface area contributed by atoms with Crippen LogP contribution in [0.4, 0.5) is 0 Å². The zero-order valence-electron chi connectivity index (χ0n) is 10.3. The topological polar surface area (TPSA) is 30.5 Å². The van der Waals surface area contributed by atoms with Gasteiger partial charge in [-0.25, -0.2) is 0 Å². The first-order chi connectivity index (χ1) is 7.29. The highest BCUT2D eigenvalue weighted by Crippen LogP contribution is 2.07. The second kappa shape index (κ2) is 10.1. The Balaban J connectivity index is 4.15. The molecule has 1 atom stereocenters. The Hall–Kier alpha value is -0.380. The number of ether oxygens (including phenoxy) is 2. The lowest BCUT2D eigenvalue weighted by Gasteiger charge is -2.26. The summed E-state index contributed by atoms with van der Waals surface area (Å²) in [5, 5.41) is 3.42. The molecule has 0 aromatic rings. The van der Waals surface area contributed by atoms with Gasteiger partial charge in [-0.2, -0.15) is 0 Å². The van der Waals surface area contributed by atoms with Gasteiger partial charge < -0.3 is 14.8 Å². The fourth-order valence-corrected chi connectivity index (χ4v) is 1.41. The first-order valence-electron chi connectivity index (χ1n) is 5.87. The number of rotatable bonds is 10. The van der Waals surface area contributed by atoms with E-state index in [9.17, 15) is 0 Å². The van der Waals surface area contributed by atoms with E-state index >= 15 is 0 Å². The van der Waals surface area contributed by atoms with Gasteiger partial charge in [0.1, 0.15) is 0 Å². The SMILES string of the molecule is C=CCC(NCCC)C(OCC)OCC. The Labute approximate surface area is 93.8 Å². The Morgan fingerprint density at radius 3 is 2.20 bits per heavy atom. The standard InChI is InChI=1S/C12H25NO2/c1-5-9-11(13-10-6-2)12(14-7-3)15-8-4/h5,11-13H,1,6-10H2,2-4H3. The third-order valence-corrected chi connectivity index (χ3v) is 2.07. The van der Waals surface area contributed by atoms with E-state index in [1.807, 2.05) is 19.9 Å². The minimum atomic E-state index is -0.162. The summed E-state index contributed by atoms with van der Waals surface area (Å²) in [7, 11) is 0. The van der Waals surface area contributed by atoms with Crippen molar-refractivity contribution in [2.75, 3.05) is 19.8 Å². The Bertz CT molecular complexity index is 145. The molecule has 0 spiro atoms. The molecule has 0 fully saturated rings. The van der Waals surface area contributed by atoms with Gasteiger partial charge in [0.05, 0.1) is 6.04 Å². The lowest BCUT2D eigenvalue weighted by Crippen LogP contribution is -2.43. The molecule has 0 radical (unpaired) electrons. The summed E-state index contributed by atoms with van der Waals surface area (Å²) in [6.45, 7) is 12.2. The first kappa shape index (κ1) is 14.6. The van der Waals surface area contributed by atoms with Gasteiger partial charge in [-0.1, -0.05) is 13.0 Å². The van der Waals surface area contributed by atoms with E-state index < -0.39 is 0 Å². The monoisotopic (exact) mass is 215 g/mol. The van der Waals surface area contributed by atoms with Gasteiger partial charge in [0.25, 0.3) is 0 Å². The maximum atomic E-state index is 5.56. The maximum absolute atomic E-state index is 5.56. The average molecular weight is 215 g/mol. The third kappa shape index (κ3) is 6.66. The van der Waals surface area contributed by atoms with Crippen LogP contribution in [0.25, 0.3) is 0 Å². The highest BCUT2D eigenvalue weighted by molar-refractivity contribution is 4.80. The van der Waals surface area contributed by atoms with Gasteiger partial charge in [0.2, 0.25) is 0 Å². The number of hydrogen-bond acceptors (Lipinski definition) is 3. The van der Waals surface area contributed by atoms with Gasteiger partial charge in [-0.3, -0.25) is 0 Å².